The third-order valence-corrected chi connectivity index (χ3v) is 6.22. The average molecular weight is 458 g/mol. The molecule has 0 aliphatic rings. The van der Waals surface area contributed by atoms with Crippen molar-refractivity contribution in [2.75, 3.05) is 26.0 Å². The number of hydrogen-bond donors (Lipinski definition) is 2. The normalized spacial score (nSPS) is 11.2. The third-order valence-electron chi connectivity index (χ3n) is 4.16. The zero-order chi connectivity index (χ0) is 21.6. The maximum atomic E-state index is 12.3. The molecule has 0 aliphatic carbocycles. The van der Waals surface area contributed by atoms with Crippen molar-refractivity contribution >= 4 is 50.7 Å². The Morgan fingerprint density at radius 1 is 1.03 bits per heavy atom. The largest absolute Gasteiger partial charge is 0.336 e. The molecule has 0 aliphatic heterocycles. The van der Waals surface area contributed by atoms with Crippen molar-refractivity contribution in [2.24, 2.45) is 0 Å². The highest BCUT2D eigenvalue weighted by atomic mass is 35.5. The number of aryl methyl sites for hydroxylation is 1. The molecule has 0 aromatic heterocycles. The highest BCUT2D eigenvalue weighted by Crippen LogP contribution is 2.29. The molecule has 0 atom stereocenters. The van der Waals surface area contributed by atoms with Gasteiger partial charge >= 0.3 is 0 Å². The number of likely N-dealkylation sites (N-methyl/N-ethyl adjacent to an activating group) is 1. The molecular weight excluding hydrogens is 437 g/mol. The van der Waals surface area contributed by atoms with E-state index in [0.717, 1.165) is 5.56 Å². The maximum absolute atomic E-state index is 12.3. The van der Waals surface area contributed by atoms with E-state index in [9.17, 15) is 18.0 Å². The van der Waals surface area contributed by atoms with Gasteiger partial charge in [0.05, 0.1) is 27.2 Å². The summed E-state index contributed by atoms with van der Waals surface area (Å²) in [5, 5.41) is 3.22. The predicted molar refractivity (Wildman–Crippen MR) is 114 cm³/mol. The zero-order valence-electron chi connectivity index (χ0n) is 15.9. The molecule has 7 nitrogen and oxygen atoms in total. The van der Waals surface area contributed by atoms with Crippen LogP contribution < -0.4 is 10.0 Å². The molecule has 0 saturated carbocycles. The van der Waals surface area contributed by atoms with Crippen LogP contribution in [0.25, 0.3) is 0 Å². The summed E-state index contributed by atoms with van der Waals surface area (Å²) in [5.41, 5.74) is 1.12. The fourth-order valence-corrected chi connectivity index (χ4v) is 3.72. The number of carbonyl (C=O) groups excluding carboxylic acids is 2. The molecule has 0 saturated heterocycles. The molecule has 0 spiro atoms. The quantitative estimate of drug-likeness (QED) is 0.636. The van der Waals surface area contributed by atoms with Crippen LogP contribution in [0.1, 0.15) is 12.0 Å². The van der Waals surface area contributed by atoms with Crippen molar-refractivity contribution in [3.8, 4) is 0 Å². The number of nitrogens with one attached hydrogen (secondary N) is 2. The highest BCUT2D eigenvalue weighted by Gasteiger charge is 2.16. The lowest BCUT2D eigenvalue weighted by molar-refractivity contribution is -0.133. The summed E-state index contributed by atoms with van der Waals surface area (Å²) in [6.45, 7) is -0.153. The molecule has 0 radical (unpaired) electrons. The molecule has 2 aromatic rings. The van der Waals surface area contributed by atoms with Crippen LogP contribution in [0.4, 0.5) is 5.69 Å². The fraction of sp³-hybridized carbons (Fsp3) is 0.263. The Bertz CT molecular complexity index is 975. The molecule has 0 bridgehead atoms. The second-order valence-electron chi connectivity index (χ2n) is 6.25. The standard InChI is InChI=1S/C19H21Cl2N3O4S/c1-22-29(27,28)14-9-6-13(7-10-14)8-11-18(26)24(2)12-17(25)23-19-15(20)4-3-5-16(19)21/h3-7,9-10,22H,8,11-12H2,1-2H3,(H,23,25). The number of hydrogen-bond acceptors (Lipinski definition) is 4. The summed E-state index contributed by atoms with van der Waals surface area (Å²) < 4.78 is 25.7. The van der Waals surface area contributed by atoms with E-state index in [1.165, 1.54) is 31.1 Å². The Labute approximate surface area is 180 Å². The molecular formula is C19H21Cl2N3O4S. The average Bonchev–Trinajstić information content (AvgIpc) is 2.69. The Hall–Kier alpha value is -2.13. The van der Waals surface area contributed by atoms with Gasteiger partial charge in [-0.1, -0.05) is 41.4 Å². The number of sulfonamides is 1. The monoisotopic (exact) mass is 457 g/mol. The topological polar surface area (TPSA) is 95.6 Å². The van der Waals surface area contributed by atoms with Gasteiger partial charge in [0.15, 0.2) is 0 Å². The second-order valence-corrected chi connectivity index (χ2v) is 8.95. The molecule has 2 aromatic carbocycles. The van der Waals surface area contributed by atoms with Gasteiger partial charge in [0.25, 0.3) is 0 Å². The first-order valence-corrected chi connectivity index (χ1v) is 10.9. The van der Waals surface area contributed by atoms with Crippen LogP contribution in [0, 0.1) is 0 Å². The maximum Gasteiger partial charge on any atom is 0.244 e. The van der Waals surface area contributed by atoms with Gasteiger partial charge in [-0.3, -0.25) is 9.59 Å². The first kappa shape index (κ1) is 23.2. The van der Waals surface area contributed by atoms with E-state index < -0.39 is 15.9 Å². The Balaban J connectivity index is 1.88. The minimum Gasteiger partial charge on any atom is -0.336 e. The van der Waals surface area contributed by atoms with Gasteiger partial charge in [0.2, 0.25) is 21.8 Å². The number of para-hydroxylation sites is 1. The molecule has 2 amide bonds. The fourth-order valence-electron chi connectivity index (χ4n) is 2.50. The number of amides is 2. The van der Waals surface area contributed by atoms with Gasteiger partial charge in [-0.05, 0) is 43.3 Å². The van der Waals surface area contributed by atoms with Crippen LogP contribution in [-0.4, -0.2) is 45.8 Å². The van der Waals surface area contributed by atoms with Gasteiger partial charge in [-0.25, -0.2) is 13.1 Å². The summed E-state index contributed by atoms with van der Waals surface area (Å²) >= 11 is 12.0. The third kappa shape index (κ3) is 6.43. The van der Waals surface area contributed by atoms with E-state index in [2.05, 4.69) is 10.0 Å². The lowest BCUT2D eigenvalue weighted by Gasteiger charge is -2.17. The van der Waals surface area contributed by atoms with Crippen LogP contribution in [0.2, 0.25) is 10.0 Å². The minimum atomic E-state index is -3.49. The first-order chi connectivity index (χ1) is 13.6. The Morgan fingerprint density at radius 3 is 2.17 bits per heavy atom. The van der Waals surface area contributed by atoms with Crippen molar-refractivity contribution in [3.63, 3.8) is 0 Å². The summed E-state index contributed by atoms with van der Waals surface area (Å²) in [6.07, 6.45) is 0.593. The van der Waals surface area contributed by atoms with Crippen molar-refractivity contribution in [2.45, 2.75) is 17.7 Å². The molecule has 2 N–H and O–H groups in total. The van der Waals surface area contributed by atoms with E-state index in [-0.39, 0.29) is 23.8 Å². The van der Waals surface area contributed by atoms with Gasteiger partial charge in [0.1, 0.15) is 0 Å². The molecule has 29 heavy (non-hydrogen) atoms. The van der Waals surface area contributed by atoms with Crippen LogP contribution in [0.5, 0.6) is 0 Å². The molecule has 0 unspecified atom stereocenters. The number of benzene rings is 2. The number of nitrogens with zero attached hydrogens (tertiary/aromatic N) is 1. The number of carbonyl (C=O) groups is 2. The molecule has 156 valence electrons. The first-order valence-electron chi connectivity index (χ1n) is 8.64. The summed E-state index contributed by atoms with van der Waals surface area (Å²) in [6, 6.07) is 11.1. The van der Waals surface area contributed by atoms with Crippen LogP contribution >= 0.6 is 23.2 Å². The molecule has 0 heterocycles. The predicted octanol–water partition coefficient (Wildman–Crippen LogP) is 2.93. The van der Waals surface area contributed by atoms with Gasteiger partial charge in [0, 0.05) is 13.5 Å². The number of rotatable bonds is 8. The molecule has 0 fully saturated rings. The van der Waals surface area contributed by atoms with Crippen molar-refractivity contribution in [1.82, 2.24) is 9.62 Å². The SMILES string of the molecule is CNS(=O)(=O)c1ccc(CCC(=O)N(C)CC(=O)Nc2c(Cl)cccc2Cl)cc1. The van der Waals surface area contributed by atoms with Crippen LogP contribution in [0.3, 0.4) is 0 Å². The molecule has 2 rings (SSSR count). The number of halogens is 2. The van der Waals surface area contributed by atoms with Crippen molar-refractivity contribution < 1.29 is 18.0 Å². The highest BCUT2D eigenvalue weighted by molar-refractivity contribution is 7.89. The van der Waals surface area contributed by atoms with Crippen LogP contribution in [0.15, 0.2) is 47.4 Å². The van der Waals surface area contributed by atoms with E-state index in [0.29, 0.717) is 22.2 Å². The summed E-state index contributed by atoms with van der Waals surface area (Å²) in [7, 11) is -0.626. The van der Waals surface area contributed by atoms with Gasteiger partial charge < -0.3 is 10.2 Å². The number of anilines is 1. The van der Waals surface area contributed by atoms with Gasteiger partial charge in [-0.2, -0.15) is 0 Å². The lowest BCUT2D eigenvalue weighted by atomic mass is 10.1. The van der Waals surface area contributed by atoms with Gasteiger partial charge in [-0.15, -0.1) is 0 Å². The van der Waals surface area contributed by atoms with E-state index in [1.807, 2.05) is 0 Å². The van der Waals surface area contributed by atoms with Crippen LogP contribution in [-0.2, 0) is 26.0 Å². The van der Waals surface area contributed by atoms with Crippen molar-refractivity contribution in [3.05, 3.63) is 58.1 Å². The smallest absolute Gasteiger partial charge is 0.244 e. The van der Waals surface area contributed by atoms with Crippen molar-refractivity contribution in [1.29, 1.82) is 0 Å². The summed E-state index contributed by atoms with van der Waals surface area (Å²) in [5.74, 6) is -0.644. The minimum absolute atomic E-state index is 0.153. The zero-order valence-corrected chi connectivity index (χ0v) is 18.2. The Kier molecular flexibility index (Phi) is 8.04. The lowest BCUT2D eigenvalue weighted by Crippen LogP contribution is -2.35. The molecule has 10 heteroatoms. The Morgan fingerprint density at radius 2 is 1.62 bits per heavy atom. The second kappa shape index (κ2) is 10.1. The summed E-state index contributed by atoms with van der Waals surface area (Å²) in [4.78, 5) is 25.9. The van der Waals surface area contributed by atoms with E-state index >= 15 is 0 Å². The van der Waals surface area contributed by atoms with E-state index in [4.69, 9.17) is 23.2 Å². The van der Waals surface area contributed by atoms with E-state index in [1.54, 1.807) is 30.3 Å².